The zero-order chi connectivity index (χ0) is 12.4. The lowest BCUT2D eigenvalue weighted by Crippen LogP contribution is -2.01. The Balaban J connectivity index is 1.92. The van der Waals surface area contributed by atoms with E-state index in [1.807, 2.05) is 24.3 Å². The van der Waals surface area contributed by atoms with Crippen molar-refractivity contribution < 1.29 is 0 Å². The van der Waals surface area contributed by atoms with Crippen LogP contribution in [0, 0.1) is 0 Å². The van der Waals surface area contributed by atoms with E-state index < -0.39 is 0 Å². The maximum absolute atomic E-state index is 5.75. The molecule has 18 heavy (non-hydrogen) atoms. The van der Waals surface area contributed by atoms with Gasteiger partial charge in [0, 0.05) is 16.0 Å². The molecule has 90 valence electrons. The van der Waals surface area contributed by atoms with Crippen molar-refractivity contribution in [3.05, 3.63) is 46.9 Å². The van der Waals surface area contributed by atoms with E-state index in [1.54, 1.807) is 17.7 Å². The highest BCUT2D eigenvalue weighted by Gasteiger charge is 2.03. The summed E-state index contributed by atoms with van der Waals surface area (Å²) in [5.74, 6) is 0.841. The fraction of sp³-hybridized carbons (Fsp3) is 0.0769. The lowest BCUT2D eigenvalue weighted by Gasteiger charge is -2.07. The second kappa shape index (κ2) is 4.62. The van der Waals surface area contributed by atoms with E-state index in [2.05, 4.69) is 26.7 Å². The molecule has 0 fully saturated rings. The number of nitrogen functional groups attached to an aromatic ring is 1. The molecule has 3 rings (SSSR count). The second-order valence-corrected chi connectivity index (χ2v) is 4.96. The topological polar surface area (TPSA) is 63.8 Å². The lowest BCUT2D eigenvalue weighted by atomic mass is 10.2. The predicted octanol–water partition coefficient (Wildman–Crippen LogP) is 2.89. The van der Waals surface area contributed by atoms with E-state index in [-0.39, 0.29) is 0 Å². The molecule has 4 nitrogen and oxygen atoms in total. The van der Waals surface area contributed by atoms with Gasteiger partial charge in [-0.25, -0.2) is 9.97 Å². The highest BCUT2D eigenvalue weighted by molar-refractivity contribution is 7.09. The molecule has 3 N–H and O–H groups in total. The van der Waals surface area contributed by atoms with Gasteiger partial charge < -0.3 is 11.1 Å². The molecule has 0 radical (unpaired) electrons. The number of anilines is 2. The number of nitrogens with one attached hydrogen (secondary N) is 1. The van der Waals surface area contributed by atoms with E-state index >= 15 is 0 Å². The second-order valence-electron chi connectivity index (χ2n) is 3.93. The number of thiophene rings is 1. The van der Waals surface area contributed by atoms with Crippen LogP contribution in [0.4, 0.5) is 11.5 Å². The Morgan fingerprint density at radius 2 is 2.17 bits per heavy atom. The molecule has 0 spiro atoms. The SMILES string of the molecule is Nc1ccc2c(NCc3cccs3)ncnc2c1. The van der Waals surface area contributed by atoms with Crippen LogP contribution in [0.5, 0.6) is 0 Å². The van der Waals surface area contributed by atoms with Gasteiger partial charge in [-0.05, 0) is 29.6 Å². The summed E-state index contributed by atoms with van der Waals surface area (Å²) >= 11 is 1.72. The minimum absolute atomic E-state index is 0.713. The third kappa shape index (κ3) is 2.12. The molecule has 0 aliphatic heterocycles. The number of hydrogen-bond acceptors (Lipinski definition) is 5. The Kier molecular flexibility index (Phi) is 2.82. The first-order chi connectivity index (χ1) is 8.83. The molecular formula is C13H12N4S. The largest absolute Gasteiger partial charge is 0.399 e. The molecule has 5 heteroatoms. The summed E-state index contributed by atoms with van der Waals surface area (Å²) in [6, 6.07) is 9.80. The minimum atomic E-state index is 0.713. The standard InChI is InChI=1S/C13H12N4S/c14-9-3-4-11-12(6-9)16-8-17-13(11)15-7-10-2-1-5-18-10/h1-6,8H,7,14H2,(H,15,16,17). The maximum atomic E-state index is 5.75. The number of rotatable bonds is 3. The van der Waals surface area contributed by atoms with Gasteiger partial charge in [0.1, 0.15) is 12.1 Å². The van der Waals surface area contributed by atoms with Gasteiger partial charge in [0.2, 0.25) is 0 Å². The molecular weight excluding hydrogens is 244 g/mol. The smallest absolute Gasteiger partial charge is 0.137 e. The molecule has 0 saturated heterocycles. The summed E-state index contributed by atoms with van der Waals surface area (Å²) in [7, 11) is 0. The quantitative estimate of drug-likeness (QED) is 0.707. The fourth-order valence-electron chi connectivity index (χ4n) is 1.80. The summed E-state index contributed by atoms with van der Waals surface area (Å²) in [5, 5.41) is 6.38. The normalized spacial score (nSPS) is 10.7. The first-order valence-corrected chi connectivity index (χ1v) is 6.47. The first kappa shape index (κ1) is 11.0. The van der Waals surface area contributed by atoms with Gasteiger partial charge in [0.25, 0.3) is 0 Å². The van der Waals surface area contributed by atoms with Crippen molar-refractivity contribution in [3.8, 4) is 0 Å². The first-order valence-electron chi connectivity index (χ1n) is 5.59. The summed E-state index contributed by atoms with van der Waals surface area (Å²) in [4.78, 5) is 9.77. The van der Waals surface area contributed by atoms with E-state index in [9.17, 15) is 0 Å². The molecule has 0 unspecified atom stereocenters. The predicted molar refractivity (Wildman–Crippen MR) is 75.6 cm³/mol. The van der Waals surface area contributed by atoms with Crippen LogP contribution in [0.1, 0.15) is 4.88 Å². The van der Waals surface area contributed by atoms with Crippen molar-refractivity contribution in [2.45, 2.75) is 6.54 Å². The van der Waals surface area contributed by atoms with E-state index in [0.29, 0.717) is 5.69 Å². The van der Waals surface area contributed by atoms with Gasteiger partial charge in [-0.1, -0.05) is 6.07 Å². The van der Waals surface area contributed by atoms with Crippen LogP contribution in [-0.2, 0) is 6.54 Å². The van der Waals surface area contributed by atoms with Crippen LogP contribution in [0.15, 0.2) is 42.0 Å². The van der Waals surface area contributed by atoms with E-state index in [1.165, 1.54) is 4.88 Å². The van der Waals surface area contributed by atoms with Crippen molar-refractivity contribution >= 4 is 33.7 Å². The van der Waals surface area contributed by atoms with E-state index in [4.69, 9.17) is 5.73 Å². The Hall–Kier alpha value is -2.14. The minimum Gasteiger partial charge on any atom is -0.399 e. The number of fused-ring (bicyclic) bond motifs is 1. The molecule has 0 amide bonds. The molecule has 0 aliphatic rings. The monoisotopic (exact) mass is 256 g/mol. The van der Waals surface area contributed by atoms with Gasteiger partial charge in [-0.15, -0.1) is 11.3 Å². The number of benzene rings is 1. The third-order valence-electron chi connectivity index (χ3n) is 2.67. The van der Waals surface area contributed by atoms with E-state index in [0.717, 1.165) is 23.3 Å². The lowest BCUT2D eigenvalue weighted by molar-refractivity contribution is 1.13. The highest BCUT2D eigenvalue weighted by atomic mass is 32.1. The van der Waals surface area contributed by atoms with Gasteiger partial charge in [-0.2, -0.15) is 0 Å². The Labute approximate surface area is 109 Å². The Bertz CT molecular complexity index is 664. The van der Waals surface area contributed by atoms with Crippen molar-refractivity contribution in [3.63, 3.8) is 0 Å². The molecule has 2 aromatic heterocycles. The molecule has 0 bridgehead atoms. The Morgan fingerprint density at radius 3 is 3.00 bits per heavy atom. The highest BCUT2D eigenvalue weighted by Crippen LogP contribution is 2.22. The van der Waals surface area contributed by atoms with Crippen molar-refractivity contribution in [1.29, 1.82) is 0 Å². The average Bonchev–Trinajstić information content (AvgIpc) is 2.89. The summed E-state index contributed by atoms with van der Waals surface area (Å²) in [5.41, 5.74) is 7.32. The Morgan fingerprint density at radius 1 is 1.22 bits per heavy atom. The van der Waals surface area contributed by atoms with Crippen LogP contribution >= 0.6 is 11.3 Å². The van der Waals surface area contributed by atoms with Crippen LogP contribution in [0.3, 0.4) is 0 Å². The summed E-state index contributed by atoms with van der Waals surface area (Å²) in [6.07, 6.45) is 1.55. The summed E-state index contributed by atoms with van der Waals surface area (Å²) in [6.45, 7) is 0.772. The van der Waals surface area contributed by atoms with Gasteiger partial charge >= 0.3 is 0 Å². The van der Waals surface area contributed by atoms with Gasteiger partial charge in [-0.3, -0.25) is 0 Å². The number of aromatic nitrogens is 2. The molecule has 1 aromatic carbocycles. The van der Waals surface area contributed by atoms with Gasteiger partial charge in [0.05, 0.1) is 12.1 Å². The van der Waals surface area contributed by atoms with Crippen molar-refractivity contribution in [2.75, 3.05) is 11.1 Å². The molecule has 0 aliphatic carbocycles. The van der Waals surface area contributed by atoms with Gasteiger partial charge in [0.15, 0.2) is 0 Å². The molecule has 2 heterocycles. The fourth-order valence-corrected chi connectivity index (χ4v) is 2.44. The van der Waals surface area contributed by atoms with Crippen LogP contribution in [0.2, 0.25) is 0 Å². The van der Waals surface area contributed by atoms with Crippen molar-refractivity contribution in [2.24, 2.45) is 0 Å². The molecule has 0 atom stereocenters. The number of hydrogen-bond donors (Lipinski definition) is 2. The third-order valence-corrected chi connectivity index (χ3v) is 3.55. The summed E-state index contributed by atoms with van der Waals surface area (Å²) < 4.78 is 0. The maximum Gasteiger partial charge on any atom is 0.137 e. The zero-order valence-electron chi connectivity index (χ0n) is 9.63. The van der Waals surface area contributed by atoms with Crippen LogP contribution < -0.4 is 11.1 Å². The van der Waals surface area contributed by atoms with Crippen LogP contribution in [-0.4, -0.2) is 9.97 Å². The molecule has 3 aromatic rings. The number of nitrogens with two attached hydrogens (primary N) is 1. The number of nitrogens with zero attached hydrogens (tertiary/aromatic N) is 2. The average molecular weight is 256 g/mol. The van der Waals surface area contributed by atoms with Crippen molar-refractivity contribution in [1.82, 2.24) is 9.97 Å². The van der Waals surface area contributed by atoms with Crippen LogP contribution in [0.25, 0.3) is 10.9 Å². The molecule has 0 saturated carbocycles. The zero-order valence-corrected chi connectivity index (χ0v) is 10.4.